The van der Waals surface area contributed by atoms with Gasteiger partial charge in [0.2, 0.25) is 0 Å². The zero-order valence-corrected chi connectivity index (χ0v) is 13.7. The minimum absolute atomic E-state index is 0.292. The molecule has 0 bridgehead atoms. The Morgan fingerprint density at radius 2 is 2.09 bits per heavy atom. The first kappa shape index (κ1) is 14.7. The van der Waals surface area contributed by atoms with E-state index < -0.39 is 0 Å². The standard InChI is InChI=1S/C18H24N4O/c1-12-8-9-17(23)15(19-12)11-22-10-4-7-16(22)18-20-13-5-2-3-6-14(13)21-18/h8-9,16,23H,2-7,10-11H2,1H3,(H,20,21). The van der Waals surface area contributed by atoms with E-state index in [0.717, 1.165) is 43.0 Å². The Kier molecular flexibility index (Phi) is 3.81. The van der Waals surface area contributed by atoms with E-state index in [1.807, 2.05) is 13.0 Å². The maximum Gasteiger partial charge on any atom is 0.138 e. The highest BCUT2D eigenvalue weighted by atomic mass is 16.3. The molecule has 0 amide bonds. The molecule has 5 nitrogen and oxygen atoms in total. The number of hydrogen-bond donors (Lipinski definition) is 2. The molecule has 23 heavy (non-hydrogen) atoms. The third kappa shape index (κ3) is 2.85. The third-order valence-corrected chi connectivity index (χ3v) is 5.09. The minimum atomic E-state index is 0.292. The number of pyridine rings is 1. The van der Waals surface area contributed by atoms with Gasteiger partial charge in [0.15, 0.2) is 0 Å². The molecule has 0 spiro atoms. The van der Waals surface area contributed by atoms with Gasteiger partial charge in [-0.1, -0.05) is 0 Å². The topological polar surface area (TPSA) is 65.0 Å². The molecule has 0 aromatic carbocycles. The van der Waals surface area contributed by atoms with Crippen LogP contribution >= 0.6 is 0 Å². The number of nitrogens with zero attached hydrogens (tertiary/aromatic N) is 3. The number of aromatic amines is 1. The molecule has 2 aliphatic rings. The van der Waals surface area contributed by atoms with Crippen LogP contribution < -0.4 is 0 Å². The Morgan fingerprint density at radius 3 is 2.96 bits per heavy atom. The largest absolute Gasteiger partial charge is 0.506 e. The van der Waals surface area contributed by atoms with Gasteiger partial charge in [0, 0.05) is 17.9 Å². The van der Waals surface area contributed by atoms with Crippen molar-refractivity contribution in [3.8, 4) is 5.75 Å². The van der Waals surface area contributed by atoms with Crippen molar-refractivity contribution in [1.29, 1.82) is 0 Å². The van der Waals surface area contributed by atoms with Crippen LogP contribution in [0.5, 0.6) is 5.75 Å². The number of likely N-dealkylation sites (tertiary alicyclic amines) is 1. The van der Waals surface area contributed by atoms with E-state index in [-0.39, 0.29) is 0 Å². The second-order valence-corrected chi connectivity index (χ2v) is 6.80. The molecule has 0 saturated carbocycles. The van der Waals surface area contributed by atoms with Crippen molar-refractivity contribution in [1.82, 2.24) is 19.9 Å². The quantitative estimate of drug-likeness (QED) is 0.914. The lowest BCUT2D eigenvalue weighted by Gasteiger charge is -2.23. The molecular weight excluding hydrogens is 288 g/mol. The van der Waals surface area contributed by atoms with Crippen LogP contribution in [-0.2, 0) is 19.4 Å². The van der Waals surface area contributed by atoms with E-state index in [9.17, 15) is 5.11 Å². The summed E-state index contributed by atoms with van der Waals surface area (Å²) in [6, 6.07) is 3.91. The Hall–Kier alpha value is -1.88. The molecular formula is C18H24N4O. The van der Waals surface area contributed by atoms with Crippen LogP contribution in [0.1, 0.15) is 60.3 Å². The first-order chi connectivity index (χ1) is 11.2. The van der Waals surface area contributed by atoms with Gasteiger partial charge in [0.1, 0.15) is 11.6 Å². The molecule has 1 saturated heterocycles. The van der Waals surface area contributed by atoms with Gasteiger partial charge >= 0.3 is 0 Å². The number of aromatic hydroxyl groups is 1. The number of H-pyrrole nitrogens is 1. The second-order valence-electron chi connectivity index (χ2n) is 6.80. The first-order valence-electron chi connectivity index (χ1n) is 8.68. The van der Waals surface area contributed by atoms with Gasteiger partial charge < -0.3 is 10.1 Å². The van der Waals surface area contributed by atoms with Crippen molar-refractivity contribution in [2.75, 3.05) is 6.54 Å². The number of rotatable bonds is 3. The lowest BCUT2D eigenvalue weighted by Crippen LogP contribution is -2.24. The zero-order valence-electron chi connectivity index (χ0n) is 13.7. The number of aromatic nitrogens is 3. The van der Waals surface area contributed by atoms with E-state index >= 15 is 0 Å². The minimum Gasteiger partial charge on any atom is -0.506 e. The fourth-order valence-corrected chi connectivity index (χ4v) is 3.87. The molecule has 1 fully saturated rings. The smallest absolute Gasteiger partial charge is 0.138 e. The summed E-state index contributed by atoms with van der Waals surface area (Å²) in [6.07, 6.45) is 7.06. The number of nitrogens with one attached hydrogen (secondary N) is 1. The second kappa shape index (κ2) is 5.96. The van der Waals surface area contributed by atoms with Gasteiger partial charge in [-0.3, -0.25) is 9.88 Å². The van der Waals surface area contributed by atoms with Gasteiger partial charge in [-0.15, -0.1) is 0 Å². The summed E-state index contributed by atoms with van der Waals surface area (Å²) < 4.78 is 0. The average Bonchev–Trinajstić information content (AvgIpc) is 3.16. The van der Waals surface area contributed by atoms with Crippen molar-refractivity contribution in [3.05, 3.63) is 40.7 Å². The van der Waals surface area contributed by atoms with Crippen LogP contribution in [-0.4, -0.2) is 31.5 Å². The molecule has 2 aromatic heterocycles. The lowest BCUT2D eigenvalue weighted by molar-refractivity contribution is 0.234. The van der Waals surface area contributed by atoms with Gasteiger partial charge in [-0.2, -0.15) is 0 Å². The fourth-order valence-electron chi connectivity index (χ4n) is 3.87. The highest BCUT2D eigenvalue weighted by molar-refractivity contribution is 5.28. The van der Waals surface area contributed by atoms with E-state index in [0.29, 0.717) is 18.3 Å². The number of aryl methyl sites for hydroxylation is 3. The van der Waals surface area contributed by atoms with E-state index in [2.05, 4.69) is 14.9 Å². The summed E-state index contributed by atoms with van der Waals surface area (Å²) >= 11 is 0. The van der Waals surface area contributed by atoms with Gasteiger partial charge in [0.05, 0.1) is 17.4 Å². The van der Waals surface area contributed by atoms with Crippen LogP contribution in [0.3, 0.4) is 0 Å². The van der Waals surface area contributed by atoms with Crippen molar-refractivity contribution >= 4 is 0 Å². The van der Waals surface area contributed by atoms with Crippen molar-refractivity contribution in [2.24, 2.45) is 0 Å². The Balaban J connectivity index is 1.56. The maximum absolute atomic E-state index is 10.1. The van der Waals surface area contributed by atoms with E-state index in [4.69, 9.17) is 4.98 Å². The molecule has 1 aliphatic carbocycles. The summed E-state index contributed by atoms with van der Waals surface area (Å²) in [7, 11) is 0. The Labute approximate surface area is 136 Å². The van der Waals surface area contributed by atoms with Crippen LogP contribution in [0, 0.1) is 6.92 Å². The third-order valence-electron chi connectivity index (χ3n) is 5.09. The molecule has 2 aromatic rings. The van der Waals surface area contributed by atoms with Crippen LogP contribution in [0.2, 0.25) is 0 Å². The predicted octanol–water partition coefficient (Wildman–Crippen LogP) is 3.03. The summed E-state index contributed by atoms with van der Waals surface area (Å²) in [5.41, 5.74) is 4.33. The molecule has 2 N–H and O–H groups in total. The first-order valence-corrected chi connectivity index (χ1v) is 8.68. The maximum atomic E-state index is 10.1. The van der Waals surface area contributed by atoms with Crippen LogP contribution in [0.25, 0.3) is 0 Å². The van der Waals surface area contributed by atoms with Crippen molar-refractivity contribution in [2.45, 2.75) is 58.0 Å². The predicted molar refractivity (Wildman–Crippen MR) is 88.3 cm³/mol. The molecule has 1 atom stereocenters. The number of imidazole rings is 1. The fraction of sp³-hybridized carbons (Fsp3) is 0.556. The molecule has 122 valence electrons. The van der Waals surface area contributed by atoms with E-state index in [1.54, 1.807) is 6.07 Å². The molecule has 1 aliphatic heterocycles. The van der Waals surface area contributed by atoms with Crippen LogP contribution in [0.4, 0.5) is 0 Å². The average molecular weight is 312 g/mol. The normalized spacial score (nSPS) is 21.5. The zero-order chi connectivity index (χ0) is 15.8. The molecule has 0 radical (unpaired) electrons. The monoisotopic (exact) mass is 312 g/mol. The molecule has 3 heterocycles. The molecule has 1 unspecified atom stereocenters. The van der Waals surface area contributed by atoms with Crippen molar-refractivity contribution in [3.63, 3.8) is 0 Å². The van der Waals surface area contributed by atoms with Gasteiger partial charge in [0.25, 0.3) is 0 Å². The summed E-state index contributed by atoms with van der Waals surface area (Å²) in [5.74, 6) is 1.40. The number of hydrogen-bond acceptors (Lipinski definition) is 4. The summed E-state index contributed by atoms with van der Waals surface area (Å²) in [5, 5.41) is 10.1. The van der Waals surface area contributed by atoms with Gasteiger partial charge in [-0.25, -0.2) is 4.98 Å². The molecule has 5 heteroatoms. The SMILES string of the molecule is Cc1ccc(O)c(CN2CCCC2c2nc3c([nH]2)CCCC3)n1. The van der Waals surface area contributed by atoms with E-state index in [1.165, 1.54) is 30.7 Å². The molecule has 4 rings (SSSR count). The highest BCUT2D eigenvalue weighted by Crippen LogP contribution is 2.34. The van der Waals surface area contributed by atoms with Gasteiger partial charge in [-0.05, 0) is 64.1 Å². The summed E-state index contributed by atoms with van der Waals surface area (Å²) in [4.78, 5) is 15.4. The highest BCUT2D eigenvalue weighted by Gasteiger charge is 2.30. The Morgan fingerprint density at radius 1 is 1.22 bits per heavy atom. The Bertz CT molecular complexity index is 686. The summed E-state index contributed by atoms with van der Waals surface area (Å²) in [6.45, 7) is 3.68. The van der Waals surface area contributed by atoms with Crippen molar-refractivity contribution < 1.29 is 5.11 Å². The number of fused-ring (bicyclic) bond motifs is 1. The lowest BCUT2D eigenvalue weighted by atomic mass is 10.0. The van der Waals surface area contributed by atoms with Crippen LogP contribution in [0.15, 0.2) is 12.1 Å².